The van der Waals surface area contributed by atoms with Crippen LogP contribution in [0.4, 0.5) is 4.39 Å². The number of pyridine rings is 1. The average Bonchev–Trinajstić information content (AvgIpc) is 2.68. The molecule has 1 aromatic rings. The summed E-state index contributed by atoms with van der Waals surface area (Å²) in [4.78, 5) is 15.8. The van der Waals surface area contributed by atoms with Gasteiger partial charge in [0, 0.05) is 11.8 Å². The van der Waals surface area contributed by atoms with E-state index in [0.717, 1.165) is 15.7 Å². The molecular weight excluding hydrogens is 317 g/mol. The summed E-state index contributed by atoms with van der Waals surface area (Å²) < 4.78 is 19.0. The van der Waals surface area contributed by atoms with E-state index in [0.29, 0.717) is 0 Å². The number of rotatable bonds is 3. The second kappa shape index (κ2) is 5.96. The van der Waals surface area contributed by atoms with E-state index >= 15 is 0 Å². The van der Waals surface area contributed by atoms with Crippen LogP contribution in [0, 0.1) is 12.8 Å². The minimum Gasteiger partial charge on any atom is -0.461 e. The van der Waals surface area contributed by atoms with Crippen molar-refractivity contribution in [3.8, 4) is 0 Å². The first-order valence-electron chi connectivity index (χ1n) is 6.07. The van der Waals surface area contributed by atoms with Crippen LogP contribution in [0.25, 0.3) is 0 Å². The van der Waals surface area contributed by atoms with Gasteiger partial charge < -0.3 is 9.84 Å². The number of ether oxygens (including phenoxy) is 1. The second-order valence-electron chi connectivity index (χ2n) is 4.79. The highest BCUT2D eigenvalue weighted by atomic mass is 79.9. The summed E-state index contributed by atoms with van der Waals surface area (Å²) in [5, 5.41) is 9.28. The number of esters is 1. The number of carbonyl (C=O) groups excluding carboxylic acids is 1. The topological polar surface area (TPSA) is 59.4 Å². The minimum atomic E-state index is -1.33. The van der Waals surface area contributed by atoms with Crippen molar-refractivity contribution >= 4 is 21.9 Å². The molecular formula is C13H15BrFNO3. The predicted molar refractivity (Wildman–Crippen MR) is 70.1 cm³/mol. The van der Waals surface area contributed by atoms with Crippen molar-refractivity contribution in [2.45, 2.75) is 38.6 Å². The minimum absolute atomic E-state index is 0.0393. The monoisotopic (exact) mass is 331 g/mol. The number of halogens is 2. The summed E-state index contributed by atoms with van der Waals surface area (Å²) >= 11 is 3.26. The van der Waals surface area contributed by atoms with Gasteiger partial charge in [-0.1, -0.05) is 0 Å². The number of nitrogens with zero attached hydrogens (tertiary/aromatic N) is 1. The normalized spacial score (nSPS) is 26.4. The van der Waals surface area contributed by atoms with Crippen molar-refractivity contribution in [1.82, 2.24) is 4.98 Å². The molecule has 0 saturated heterocycles. The van der Waals surface area contributed by atoms with Crippen LogP contribution in [0.15, 0.2) is 16.9 Å². The molecule has 1 heterocycles. The first kappa shape index (κ1) is 14.4. The highest BCUT2D eigenvalue weighted by molar-refractivity contribution is 9.10. The first-order valence-corrected chi connectivity index (χ1v) is 6.86. The summed E-state index contributed by atoms with van der Waals surface area (Å²) in [6.07, 6.45) is -0.564. The van der Waals surface area contributed by atoms with Gasteiger partial charge in [0.05, 0.1) is 12.0 Å². The van der Waals surface area contributed by atoms with E-state index in [1.165, 1.54) is 0 Å². The third-order valence-electron chi connectivity index (χ3n) is 3.34. The van der Waals surface area contributed by atoms with Crippen LogP contribution in [0.5, 0.6) is 0 Å². The zero-order valence-corrected chi connectivity index (χ0v) is 12.1. The molecule has 19 heavy (non-hydrogen) atoms. The lowest BCUT2D eigenvalue weighted by Gasteiger charge is -2.11. The molecule has 2 rings (SSSR count). The Morgan fingerprint density at radius 1 is 1.63 bits per heavy atom. The highest BCUT2D eigenvalue weighted by Gasteiger charge is 2.37. The van der Waals surface area contributed by atoms with E-state index in [1.54, 1.807) is 6.20 Å². The zero-order chi connectivity index (χ0) is 14.0. The van der Waals surface area contributed by atoms with Gasteiger partial charge >= 0.3 is 5.97 Å². The number of aliphatic hydroxyl groups excluding tert-OH is 1. The number of hydrogen-bond donors (Lipinski definition) is 1. The fraction of sp³-hybridized carbons (Fsp3) is 0.538. The van der Waals surface area contributed by atoms with Crippen LogP contribution in [0.2, 0.25) is 0 Å². The van der Waals surface area contributed by atoms with Crippen LogP contribution in [-0.2, 0) is 16.1 Å². The molecule has 3 atom stereocenters. The second-order valence-corrected chi connectivity index (χ2v) is 5.61. The maximum atomic E-state index is 13.1. The molecule has 0 aliphatic heterocycles. The van der Waals surface area contributed by atoms with E-state index in [-0.39, 0.29) is 19.4 Å². The Kier molecular flexibility index (Phi) is 4.52. The average molecular weight is 332 g/mol. The Balaban J connectivity index is 1.90. The highest BCUT2D eigenvalue weighted by Crippen LogP contribution is 2.29. The van der Waals surface area contributed by atoms with Gasteiger partial charge in [-0.15, -0.1) is 0 Å². The molecule has 1 aromatic heterocycles. The molecule has 1 N–H and O–H groups in total. The molecule has 104 valence electrons. The van der Waals surface area contributed by atoms with E-state index in [1.807, 2.05) is 13.0 Å². The smallest absolute Gasteiger partial charge is 0.309 e. The van der Waals surface area contributed by atoms with Gasteiger partial charge in [0.2, 0.25) is 0 Å². The number of aromatic nitrogens is 1. The summed E-state index contributed by atoms with van der Waals surface area (Å²) in [6, 6.07) is 1.83. The number of alkyl halides is 1. The predicted octanol–water partition coefficient (Wildman–Crippen LogP) is 2.30. The Morgan fingerprint density at radius 3 is 2.95 bits per heavy atom. The lowest BCUT2D eigenvalue weighted by molar-refractivity contribution is -0.150. The molecule has 0 aromatic carbocycles. The lowest BCUT2D eigenvalue weighted by atomic mass is 10.1. The molecule has 1 fully saturated rings. The van der Waals surface area contributed by atoms with Crippen LogP contribution >= 0.6 is 15.9 Å². The molecule has 1 unspecified atom stereocenters. The summed E-state index contributed by atoms with van der Waals surface area (Å²) in [5.74, 6) is -1.00. The van der Waals surface area contributed by atoms with Crippen molar-refractivity contribution in [3.05, 3.63) is 28.0 Å². The van der Waals surface area contributed by atoms with Crippen molar-refractivity contribution in [2.75, 3.05) is 0 Å². The van der Waals surface area contributed by atoms with Crippen LogP contribution in [-0.4, -0.2) is 28.3 Å². The van der Waals surface area contributed by atoms with Crippen LogP contribution in [0.3, 0.4) is 0 Å². The summed E-state index contributed by atoms with van der Waals surface area (Å²) in [5.41, 5.74) is 1.77. The largest absolute Gasteiger partial charge is 0.461 e. The van der Waals surface area contributed by atoms with Crippen LogP contribution < -0.4 is 0 Å². The van der Waals surface area contributed by atoms with Gasteiger partial charge in [-0.05, 0) is 47.3 Å². The van der Waals surface area contributed by atoms with Crippen molar-refractivity contribution in [1.29, 1.82) is 0 Å². The maximum Gasteiger partial charge on any atom is 0.309 e. The SMILES string of the molecule is Cc1cc(Br)ncc1COC(=O)C1C[C@@H](O)[C@H](F)C1. The van der Waals surface area contributed by atoms with Gasteiger partial charge in [-0.2, -0.15) is 0 Å². The molecule has 4 nitrogen and oxygen atoms in total. The fourth-order valence-electron chi connectivity index (χ4n) is 2.12. The van der Waals surface area contributed by atoms with E-state index < -0.39 is 24.2 Å². The number of aryl methyl sites for hydroxylation is 1. The molecule has 1 aliphatic rings. The standard InChI is InChI=1S/C13H15BrFNO3/c1-7-2-12(14)16-5-9(7)6-19-13(18)8-3-10(15)11(17)4-8/h2,5,8,10-11,17H,3-4,6H2,1H3/t8?,10-,11-/m1/s1. The fourth-order valence-corrected chi connectivity index (χ4v) is 2.57. The molecule has 6 heteroatoms. The number of carbonyl (C=O) groups is 1. The Hall–Kier alpha value is -1.01. The summed E-state index contributed by atoms with van der Waals surface area (Å²) in [6.45, 7) is 2.01. The first-order chi connectivity index (χ1) is 8.97. The number of aliphatic hydroxyl groups is 1. The Labute approximate surface area is 119 Å². The number of hydrogen-bond acceptors (Lipinski definition) is 4. The van der Waals surface area contributed by atoms with Crippen LogP contribution in [0.1, 0.15) is 24.0 Å². The quantitative estimate of drug-likeness (QED) is 0.682. The van der Waals surface area contributed by atoms with E-state index in [9.17, 15) is 14.3 Å². The van der Waals surface area contributed by atoms with E-state index in [4.69, 9.17) is 4.74 Å². The molecule has 0 bridgehead atoms. The Bertz CT molecular complexity index is 473. The summed E-state index contributed by atoms with van der Waals surface area (Å²) in [7, 11) is 0. The van der Waals surface area contributed by atoms with Gasteiger partial charge in [0.1, 0.15) is 17.4 Å². The molecule has 1 aliphatic carbocycles. The van der Waals surface area contributed by atoms with Crippen molar-refractivity contribution in [2.24, 2.45) is 5.92 Å². The van der Waals surface area contributed by atoms with E-state index in [2.05, 4.69) is 20.9 Å². The van der Waals surface area contributed by atoms with Crippen molar-refractivity contribution < 1.29 is 19.0 Å². The third-order valence-corrected chi connectivity index (χ3v) is 3.78. The van der Waals surface area contributed by atoms with Gasteiger partial charge in [-0.25, -0.2) is 9.37 Å². The molecule has 1 saturated carbocycles. The molecule has 0 amide bonds. The van der Waals surface area contributed by atoms with Gasteiger partial charge in [-0.3, -0.25) is 4.79 Å². The molecule has 0 radical (unpaired) electrons. The van der Waals surface area contributed by atoms with Crippen molar-refractivity contribution in [3.63, 3.8) is 0 Å². The Morgan fingerprint density at radius 2 is 2.37 bits per heavy atom. The third kappa shape index (κ3) is 3.51. The maximum absolute atomic E-state index is 13.1. The zero-order valence-electron chi connectivity index (χ0n) is 10.5. The van der Waals surface area contributed by atoms with Gasteiger partial charge in [0.25, 0.3) is 0 Å². The molecule has 0 spiro atoms. The lowest BCUT2D eigenvalue weighted by Crippen LogP contribution is -2.16. The van der Waals surface area contributed by atoms with Gasteiger partial charge in [0.15, 0.2) is 0 Å².